The molecule has 5 nitrogen and oxygen atoms in total. The van der Waals surface area contributed by atoms with Gasteiger partial charge in [0.25, 0.3) is 0 Å². The van der Waals surface area contributed by atoms with Gasteiger partial charge >= 0.3 is 5.97 Å². The number of fused-ring (bicyclic) bond motifs is 1. The van der Waals surface area contributed by atoms with E-state index in [1.54, 1.807) is 6.20 Å². The average Bonchev–Trinajstić information content (AvgIpc) is 3.14. The molecule has 0 bridgehead atoms. The summed E-state index contributed by atoms with van der Waals surface area (Å²) in [4.78, 5) is 17.0. The molecule has 1 atom stereocenters. The molecule has 0 aliphatic rings. The van der Waals surface area contributed by atoms with Crippen molar-refractivity contribution in [3.63, 3.8) is 0 Å². The second kappa shape index (κ2) is 8.49. The number of nitrogens with one attached hydrogen (secondary N) is 1. The first-order valence-corrected chi connectivity index (χ1v) is 10.2. The number of rotatable bonds is 6. The number of carbonyl (C=O) groups excluding carboxylic acids is 1. The van der Waals surface area contributed by atoms with Crippen LogP contribution < -0.4 is 5.32 Å². The van der Waals surface area contributed by atoms with Crippen molar-refractivity contribution < 1.29 is 9.53 Å². The third-order valence-electron chi connectivity index (χ3n) is 4.65. The molecule has 146 valence electrons. The van der Waals surface area contributed by atoms with Gasteiger partial charge in [-0.2, -0.15) is 0 Å². The van der Waals surface area contributed by atoms with Crippen LogP contribution in [0.5, 0.6) is 0 Å². The van der Waals surface area contributed by atoms with Crippen molar-refractivity contribution in [2.75, 3.05) is 11.9 Å². The Morgan fingerprint density at radius 3 is 2.66 bits per heavy atom. The van der Waals surface area contributed by atoms with Gasteiger partial charge in [-0.25, -0.2) is 9.78 Å². The smallest absolute Gasteiger partial charge is 0.340 e. The van der Waals surface area contributed by atoms with Gasteiger partial charge in [-0.3, -0.25) is 0 Å². The van der Waals surface area contributed by atoms with Crippen molar-refractivity contribution in [1.82, 2.24) is 9.38 Å². The number of nitrogens with zero attached hydrogens (tertiary/aromatic N) is 2. The lowest BCUT2D eigenvalue weighted by Crippen LogP contribution is -2.15. The van der Waals surface area contributed by atoms with Crippen LogP contribution in [0.1, 0.15) is 34.6 Å². The van der Waals surface area contributed by atoms with Crippen molar-refractivity contribution in [3.05, 3.63) is 100 Å². The Balaban J connectivity index is 1.85. The van der Waals surface area contributed by atoms with Crippen molar-refractivity contribution in [3.8, 4) is 0 Å². The Hall–Kier alpha value is -3.12. The summed E-state index contributed by atoms with van der Waals surface area (Å²) >= 11 is 3.42. The quantitative estimate of drug-likeness (QED) is 0.396. The molecule has 1 unspecified atom stereocenters. The predicted octanol–water partition coefficient (Wildman–Crippen LogP) is 5.48. The minimum absolute atomic E-state index is 0.206. The molecule has 0 saturated heterocycles. The highest BCUT2D eigenvalue weighted by atomic mass is 79.9. The zero-order chi connectivity index (χ0) is 20.2. The summed E-state index contributed by atoms with van der Waals surface area (Å²) < 4.78 is 8.21. The lowest BCUT2D eigenvalue weighted by atomic mass is 10.0. The Kier molecular flexibility index (Phi) is 5.62. The first-order chi connectivity index (χ1) is 14.2. The highest BCUT2D eigenvalue weighted by molar-refractivity contribution is 9.10. The molecule has 0 aliphatic carbocycles. The molecule has 0 amide bonds. The van der Waals surface area contributed by atoms with Gasteiger partial charge in [0, 0.05) is 16.9 Å². The fourth-order valence-corrected chi connectivity index (χ4v) is 3.59. The van der Waals surface area contributed by atoms with E-state index in [-0.39, 0.29) is 12.0 Å². The number of halogens is 1. The Morgan fingerprint density at radius 1 is 1.14 bits per heavy atom. The van der Waals surface area contributed by atoms with Crippen LogP contribution in [0.15, 0.2) is 83.6 Å². The Labute approximate surface area is 177 Å². The van der Waals surface area contributed by atoms with Gasteiger partial charge in [0.1, 0.15) is 5.82 Å². The highest BCUT2D eigenvalue weighted by Gasteiger charge is 2.23. The number of pyridine rings is 2. The third kappa shape index (κ3) is 4.03. The van der Waals surface area contributed by atoms with Gasteiger partial charge in [0.15, 0.2) is 0 Å². The zero-order valence-corrected chi connectivity index (χ0v) is 17.5. The summed E-state index contributed by atoms with van der Waals surface area (Å²) in [6.45, 7) is 2.14. The first-order valence-electron chi connectivity index (χ1n) is 9.37. The van der Waals surface area contributed by atoms with Crippen molar-refractivity contribution in [2.45, 2.75) is 13.0 Å². The van der Waals surface area contributed by atoms with E-state index < -0.39 is 0 Å². The molecule has 0 fully saturated rings. The number of aromatic nitrogens is 2. The van der Waals surface area contributed by atoms with Gasteiger partial charge in [0.05, 0.1) is 29.4 Å². The van der Waals surface area contributed by atoms with Gasteiger partial charge in [-0.05, 0) is 58.7 Å². The number of hydrogen-bond donors (Lipinski definition) is 1. The maximum absolute atomic E-state index is 12.6. The van der Waals surface area contributed by atoms with E-state index in [9.17, 15) is 4.79 Å². The fourth-order valence-electron chi connectivity index (χ4n) is 3.36. The second-order valence-electron chi connectivity index (χ2n) is 6.51. The molecule has 0 saturated carbocycles. The van der Waals surface area contributed by atoms with E-state index >= 15 is 0 Å². The number of esters is 1. The molecular formula is C23H20BrN3O2. The van der Waals surface area contributed by atoms with Crippen molar-refractivity contribution in [1.29, 1.82) is 0 Å². The lowest BCUT2D eigenvalue weighted by molar-refractivity contribution is 0.0529. The average molecular weight is 450 g/mol. The van der Waals surface area contributed by atoms with Crippen LogP contribution in [0.25, 0.3) is 5.52 Å². The molecule has 4 rings (SSSR count). The monoisotopic (exact) mass is 449 g/mol. The molecule has 3 aromatic heterocycles. The normalized spacial score (nSPS) is 11.9. The van der Waals surface area contributed by atoms with E-state index in [2.05, 4.69) is 38.4 Å². The van der Waals surface area contributed by atoms with Crippen molar-refractivity contribution in [2.24, 2.45) is 0 Å². The van der Waals surface area contributed by atoms with E-state index in [1.165, 1.54) is 0 Å². The van der Waals surface area contributed by atoms with Crippen LogP contribution in [0, 0.1) is 0 Å². The molecule has 1 aromatic carbocycles. The highest BCUT2D eigenvalue weighted by Crippen LogP contribution is 2.30. The molecule has 1 N–H and O–H groups in total. The van der Waals surface area contributed by atoms with E-state index in [0.717, 1.165) is 27.1 Å². The zero-order valence-electron chi connectivity index (χ0n) is 15.9. The number of hydrogen-bond acceptors (Lipinski definition) is 4. The second-order valence-corrected chi connectivity index (χ2v) is 7.42. The van der Waals surface area contributed by atoms with E-state index in [1.807, 2.05) is 72.1 Å². The van der Waals surface area contributed by atoms with Crippen LogP contribution >= 0.6 is 15.9 Å². The van der Waals surface area contributed by atoms with Crippen LogP contribution in [-0.2, 0) is 4.74 Å². The van der Waals surface area contributed by atoms with Gasteiger partial charge in [-0.15, -0.1) is 0 Å². The standard InChI is InChI=1S/C23H20BrN3O2/c1-2-29-23(28)18-14-20(27-13-7-6-10-19(18)27)22(16-8-4-3-5-9-16)26-21-12-11-17(24)15-25-21/h3-15,22H,2H2,1H3,(H,25,26). The predicted molar refractivity (Wildman–Crippen MR) is 117 cm³/mol. The number of ether oxygens (including phenoxy) is 1. The first kappa shape index (κ1) is 19.2. The number of benzene rings is 1. The number of carbonyl (C=O) groups is 1. The van der Waals surface area contributed by atoms with E-state index in [0.29, 0.717) is 12.2 Å². The summed E-state index contributed by atoms with van der Waals surface area (Å²) in [7, 11) is 0. The van der Waals surface area contributed by atoms with Crippen LogP contribution in [0.3, 0.4) is 0 Å². The van der Waals surface area contributed by atoms with E-state index in [4.69, 9.17) is 4.74 Å². The summed E-state index contributed by atoms with van der Waals surface area (Å²) in [5.41, 5.74) is 3.36. The summed E-state index contributed by atoms with van der Waals surface area (Å²) in [6, 6.07) is 21.5. The molecule has 6 heteroatoms. The fraction of sp³-hybridized carbons (Fsp3) is 0.130. The van der Waals surface area contributed by atoms with Crippen molar-refractivity contribution >= 4 is 33.2 Å². The van der Waals surface area contributed by atoms with Crippen LogP contribution in [0.2, 0.25) is 0 Å². The maximum Gasteiger partial charge on any atom is 0.340 e. The Bertz CT molecular complexity index is 1120. The lowest BCUT2D eigenvalue weighted by Gasteiger charge is -2.20. The molecule has 0 spiro atoms. The largest absolute Gasteiger partial charge is 0.462 e. The molecule has 4 aromatic rings. The molecule has 29 heavy (non-hydrogen) atoms. The minimum Gasteiger partial charge on any atom is -0.462 e. The summed E-state index contributed by atoms with van der Waals surface area (Å²) in [5, 5.41) is 3.51. The Morgan fingerprint density at radius 2 is 1.93 bits per heavy atom. The van der Waals surface area contributed by atoms with Gasteiger partial charge in [-0.1, -0.05) is 36.4 Å². The van der Waals surface area contributed by atoms with Crippen LogP contribution in [-0.4, -0.2) is 22.0 Å². The minimum atomic E-state index is -0.323. The number of anilines is 1. The van der Waals surface area contributed by atoms with Gasteiger partial charge in [0.2, 0.25) is 0 Å². The molecule has 3 heterocycles. The third-order valence-corrected chi connectivity index (χ3v) is 5.12. The SMILES string of the molecule is CCOC(=O)c1cc(C(Nc2ccc(Br)cn2)c2ccccc2)n2ccccc12. The molecule has 0 radical (unpaired) electrons. The topological polar surface area (TPSA) is 55.6 Å². The van der Waals surface area contributed by atoms with Crippen LogP contribution in [0.4, 0.5) is 5.82 Å². The maximum atomic E-state index is 12.6. The van der Waals surface area contributed by atoms with Gasteiger partial charge < -0.3 is 14.5 Å². The molecular weight excluding hydrogens is 430 g/mol. The molecule has 0 aliphatic heterocycles. The summed E-state index contributed by atoms with van der Waals surface area (Å²) in [5.74, 6) is 0.418. The summed E-state index contributed by atoms with van der Waals surface area (Å²) in [6.07, 6.45) is 3.71.